The van der Waals surface area contributed by atoms with E-state index in [1.165, 1.54) is 12.1 Å². The van der Waals surface area contributed by atoms with E-state index < -0.39 is 10.0 Å². The molecule has 21 heavy (non-hydrogen) atoms. The highest BCUT2D eigenvalue weighted by molar-refractivity contribution is 7.89. The lowest BCUT2D eigenvalue weighted by molar-refractivity contribution is 0.328. The van der Waals surface area contributed by atoms with Crippen LogP contribution in [0.5, 0.6) is 5.75 Å². The van der Waals surface area contributed by atoms with Gasteiger partial charge in [0.05, 0.1) is 11.2 Å². The number of nitrogens with one attached hydrogen (secondary N) is 2. The molecule has 1 heterocycles. The molecule has 0 unspecified atom stereocenters. The third kappa shape index (κ3) is 4.55. The minimum atomic E-state index is -3.52. The first kappa shape index (κ1) is 15.5. The second-order valence-electron chi connectivity index (χ2n) is 4.33. The number of H-pyrrole nitrogens is 1. The highest BCUT2D eigenvalue weighted by Crippen LogP contribution is 2.15. The SMILES string of the molecule is NCCOc1ccc(S(=O)(=O)NCCc2cnc[nH]2)cc1. The van der Waals surface area contributed by atoms with Gasteiger partial charge in [-0.15, -0.1) is 0 Å². The first-order valence-corrected chi connectivity index (χ1v) is 8.00. The molecule has 1 aromatic carbocycles. The highest BCUT2D eigenvalue weighted by atomic mass is 32.2. The topological polar surface area (TPSA) is 110 Å². The van der Waals surface area contributed by atoms with E-state index in [0.29, 0.717) is 31.9 Å². The third-order valence-corrected chi connectivity index (χ3v) is 4.24. The van der Waals surface area contributed by atoms with Gasteiger partial charge in [0.15, 0.2) is 0 Å². The fourth-order valence-electron chi connectivity index (χ4n) is 1.72. The fraction of sp³-hybridized carbons (Fsp3) is 0.308. The van der Waals surface area contributed by atoms with Crippen molar-refractivity contribution in [1.82, 2.24) is 14.7 Å². The van der Waals surface area contributed by atoms with Crippen LogP contribution in [0.1, 0.15) is 5.69 Å². The molecular weight excluding hydrogens is 292 g/mol. The van der Waals surface area contributed by atoms with Crippen LogP contribution in [-0.4, -0.2) is 38.1 Å². The van der Waals surface area contributed by atoms with Crippen molar-refractivity contribution < 1.29 is 13.2 Å². The summed E-state index contributed by atoms with van der Waals surface area (Å²) >= 11 is 0. The van der Waals surface area contributed by atoms with Gasteiger partial charge in [0.2, 0.25) is 10.0 Å². The Morgan fingerprint density at radius 3 is 2.67 bits per heavy atom. The summed E-state index contributed by atoms with van der Waals surface area (Å²) in [4.78, 5) is 6.99. The van der Waals surface area contributed by atoms with E-state index in [0.717, 1.165) is 5.69 Å². The summed E-state index contributed by atoms with van der Waals surface area (Å²) in [7, 11) is -3.52. The molecule has 2 rings (SSSR count). The zero-order chi connectivity index (χ0) is 15.1. The zero-order valence-corrected chi connectivity index (χ0v) is 12.3. The third-order valence-electron chi connectivity index (χ3n) is 2.76. The van der Waals surface area contributed by atoms with Gasteiger partial charge in [0.1, 0.15) is 12.4 Å². The lowest BCUT2D eigenvalue weighted by atomic mass is 10.3. The van der Waals surface area contributed by atoms with E-state index in [-0.39, 0.29) is 4.90 Å². The van der Waals surface area contributed by atoms with Crippen LogP contribution >= 0.6 is 0 Å². The van der Waals surface area contributed by atoms with Crippen LogP contribution < -0.4 is 15.2 Å². The number of rotatable bonds is 8. The Morgan fingerprint density at radius 2 is 2.05 bits per heavy atom. The first-order valence-electron chi connectivity index (χ1n) is 6.51. The molecule has 0 bridgehead atoms. The van der Waals surface area contributed by atoms with Gasteiger partial charge in [-0.05, 0) is 24.3 Å². The van der Waals surface area contributed by atoms with E-state index >= 15 is 0 Å². The Balaban J connectivity index is 1.92. The van der Waals surface area contributed by atoms with Crippen molar-refractivity contribution >= 4 is 10.0 Å². The summed E-state index contributed by atoms with van der Waals surface area (Å²) in [6.45, 7) is 1.11. The molecule has 0 atom stereocenters. The number of nitrogens with two attached hydrogens (primary N) is 1. The van der Waals surface area contributed by atoms with Gasteiger partial charge in [-0.25, -0.2) is 18.1 Å². The van der Waals surface area contributed by atoms with Crippen LogP contribution in [0.25, 0.3) is 0 Å². The maximum atomic E-state index is 12.1. The molecule has 0 aliphatic carbocycles. The average molecular weight is 310 g/mol. The molecule has 0 fully saturated rings. The molecule has 0 amide bonds. The summed E-state index contributed by atoms with van der Waals surface area (Å²) in [5.41, 5.74) is 6.21. The Labute approximate surface area is 123 Å². The summed E-state index contributed by atoms with van der Waals surface area (Å²) in [5.74, 6) is 0.594. The Hall–Kier alpha value is -1.90. The van der Waals surface area contributed by atoms with Gasteiger partial charge in [0, 0.05) is 31.4 Å². The Kier molecular flexibility index (Phi) is 5.32. The van der Waals surface area contributed by atoms with Gasteiger partial charge in [0.25, 0.3) is 0 Å². The van der Waals surface area contributed by atoms with Crippen LogP contribution in [0.2, 0.25) is 0 Å². The van der Waals surface area contributed by atoms with Crippen LogP contribution in [-0.2, 0) is 16.4 Å². The molecule has 0 saturated carbocycles. The number of hydrogen-bond donors (Lipinski definition) is 3. The monoisotopic (exact) mass is 310 g/mol. The predicted octanol–water partition coefficient (Wildman–Crippen LogP) is 0.268. The Morgan fingerprint density at radius 1 is 1.29 bits per heavy atom. The Bertz CT molecular complexity index is 639. The maximum absolute atomic E-state index is 12.1. The lowest BCUT2D eigenvalue weighted by Gasteiger charge is -2.08. The summed E-state index contributed by atoms with van der Waals surface area (Å²) in [6, 6.07) is 6.23. The highest BCUT2D eigenvalue weighted by Gasteiger charge is 2.13. The summed E-state index contributed by atoms with van der Waals surface area (Å²) in [6.07, 6.45) is 3.78. The molecule has 0 spiro atoms. The number of aromatic amines is 1. The summed E-state index contributed by atoms with van der Waals surface area (Å²) in [5, 5.41) is 0. The molecule has 0 saturated heterocycles. The molecule has 0 aliphatic heterocycles. The van der Waals surface area contributed by atoms with Crippen molar-refractivity contribution in [2.24, 2.45) is 5.73 Å². The van der Waals surface area contributed by atoms with Gasteiger partial charge in [-0.1, -0.05) is 0 Å². The molecule has 0 radical (unpaired) electrons. The molecule has 114 valence electrons. The van der Waals surface area contributed by atoms with E-state index in [4.69, 9.17) is 10.5 Å². The fourth-order valence-corrected chi connectivity index (χ4v) is 2.75. The number of imidazole rings is 1. The maximum Gasteiger partial charge on any atom is 0.240 e. The zero-order valence-electron chi connectivity index (χ0n) is 11.5. The van der Waals surface area contributed by atoms with E-state index in [1.54, 1.807) is 24.7 Å². The number of sulfonamides is 1. The van der Waals surface area contributed by atoms with Crippen LogP contribution in [0, 0.1) is 0 Å². The number of benzene rings is 1. The summed E-state index contributed by atoms with van der Waals surface area (Å²) < 4.78 is 32.0. The van der Waals surface area contributed by atoms with Gasteiger partial charge < -0.3 is 15.5 Å². The van der Waals surface area contributed by atoms with Crippen LogP contribution in [0.4, 0.5) is 0 Å². The van der Waals surface area contributed by atoms with Crippen molar-refractivity contribution in [3.8, 4) is 5.75 Å². The first-order chi connectivity index (χ1) is 10.1. The van der Waals surface area contributed by atoms with Crippen molar-refractivity contribution in [1.29, 1.82) is 0 Å². The molecular formula is C13H18N4O3S. The second kappa shape index (κ2) is 7.21. The minimum absolute atomic E-state index is 0.201. The molecule has 1 aromatic heterocycles. The standard InChI is InChI=1S/C13H18N4O3S/c14-6-8-20-12-1-3-13(4-2-12)21(18,19)17-7-5-11-9-15-10-16-11/h1-4,9-10,17H,5-8,14H2,(H,15,16). The van der Waals surface area contributed by atoms with Gasteiger partial charge in [-0.3, -0.25) is 0 Å². The van der Waals surface area contributed by atoms with Crippen molar-refractivity contribution in [2.75, 3.05) is 19.7 Å². The van der Waals surface area contributed by atoms with Crippen molar-refractivity contribution in [2.45, 2.75) is 11.3 Å². The largest absolute Gasteiger partial charge is 0.492 e. The number of nitrogens with zero attached hydrogens (tertiary/aromatic N) is 1. The number of ether oxygens (including phenoxy) is 1. The quantitative estimate of drug-likeness (QED) is 0.648. The van der Waals surface area contributed by atoms with Crippen LogP contribution in [0.15, 0.2) is 41.7 Å². The average Bonchev–Trinajstić information content (AvgIpc) is 2.98. The van der Waals surface area contributed by atoms with E-state index in [2.05, 4.69) is 14.7 Å². The molecule has 2 aromatic rings. The smallest absolute Gasteiger partial charge is 0.240 e. The van der Waals surface area contributed by atoms with E-state index in [9.17, 15) is 8.42 Å². The molecule has 7 nitrogen and oxygen atoms in total. The lowest BCUT2D eigenvalue weighted by Crippen LogP contribution is -2.26. The minimum Gasteiger partial charge on any atom is -0.492 e. The van der Waals surface area contributed by atoms with Gasteiger partial charge in [-0.2, -0.15) is 0 Å². The molecule has 0 aliphatic rings. The number of aromatic nitrogens is 2. The van der Waals surface area contributed by atoms with E-state index in [1.807, 2.05) is 0 Å². The van der Waals surface area contributed by atoms with Gasteiger partial charge >= 0.3 is 0 Å². The normalized spacial score (nSPS) is 11.5. The molecule has 4 N–H and O–H groups in total. The van der Waals surface area contributed by atoms with Crippen molar-refractivity contribution in [3.05, 3.63) is 42.5 Å². The van der Waals surface area contributed by atoms with Crippen LogP contribution in [0.3, 0.4) is 0 Å². The van der Waals surface area contributed by atoms with Crippen molar-refractivity contribution in [3.63, 3.8) is 0 Å². The number of hydrogen-bond acceptors (Lipinski definition) is 5. The predicted molar refractivity (Wildman–Crippen MR) is 78.5 cm³/mol. The molecule has 8 heteroatoms. The second-order valence-corrected chi connectivity index (χ2v) is 6.10.